The summed E-state index contributed by atoms with van der Waals surface area (Å²) in [6.07, 6.45) is 1.72. The Morgan fingerprint density at radius 1 is 1.25 bits per heavy atom. The minimum Gasteiger partial charge on any atom is -0.384 e. The van der Waals surface area contributed by atoms with Crippen LogP contribution in [0.3, 0.4) is 0 Å². The number of nitrogens with zero attached hydrogens (tertiary/aromatic N) is 1. The van der Waals surface area contributed by atoms with Gasteiger partial charge in [-0.15, -0.1) is 0 Å². The van der Waals surface area contributed by atoms with Gasteiger partial charge in [-0.3, -0.25) is 0 Å². The second-order valence-electron chi connectivity index (χ2n) is 3.56. The first-order valence-corrected chi connectivity index (χ1v) is 5.69. The van der Waals surface area contributed by atoms with E-state index in [4.69, 9.17) is 5.73 Å². The number of aryl methyl sites for hydroxylation is 1. The maximum Gasteiger partial charge on any atom is 0.123 e. The number of nitrogens with two attached hydrogens (primary N) is 1. The predicted octanol–water partition coefficient (Wildman–Crippen LogP) is 3.48. The molecule has 4 heteroatoms. The van der Waals surface area contributed by atoms with Crippen molar-refractivity contribution in [1.82, 2.24) is 4.98 Å². The fourth-order valence-electron chi connectivity index (χ4n) is 1.40. The summed E-state index contributed by atoms with van der Waals surface area (Å²) in [6.45, 7) is 2.05. The molecule has 1 aromatic heterocycles. The van der Waals surface area contributed by atoms with Crippen LogP contribution < -0.4 is 11.1 Å². The lowest BCUT2D eigenvalue weighted by atomic mass is 10.2. The van der Waals surface area contributed by atoms with Crippen molar-refractivity contribution in [2.24, 2.45) is 0 Å². The number of rotatable bonds is 2. The number of hydrogen-bond acceptors (Lipinski definition) is 3. The van der Waals surface area contributed by atoms with Gasteiger partial charge in [0, 0.05) is 10.2 Å². The molecule has 0 bridgehead atoms. The van der Waals surface area contributed by atoms with Crippen LogP contribution in [0.15, 0.2) is 41.0 Å². The zero-order valence-electron chi connectivity index (χ0n) is 8.87. The van der Waals surface area contributed by atoms with Crippen molar-refractivity contribution in [3.05, 3.63) is 46.6 Å². The van der Waals surface area contributed by atoms with Crippen LogP contribution in [0.25, 0.3) is 0 Å². The van der Waals surface area contributed by atoms with E-state index in [-0.39, 0.29) is 0 Å². The topological polar surface area (TPSA) is 50.9 Å². The lowest BCUT2D eigenvalue weighted by molar-refractivity contribution is 1.32. The Hall–Kier alpha value is -1.55. The van der Waals surface area contributed by atoms with Gasteiger partial charge in [-0.25, -0.2) is 4.98 Å². The van der Waals surface area contributed by atoms with Gasteiger partial charge in [0.25, 0.3) is 0 Å². The fraction of sp³-hybridized carbons (Fsp3) is 0.0833. The molecule has 0 radical (unpaired) electrons. The van der Waals surface area contributed by atoms with E-state index < -0.39 is 0 Å². The van der Waals surface area contributed by atoms with E-state index in [1.807, 2.05) is 18.2 Å². The van der Waals surface area contributed by atoms with Gasteiger partial charge in [0.2, 0.25) is 0 Å². The van der Waals surface area contributed by atoms with Gasteiger partial charge < -0.3 is 11.1 Å². The first-order valence-electron chi connectivity index (χ1n) is 4.90. The first kappa shape index (κ1) is 11.0. The number of anilines is 3. The molecule has 0 aliphatic carbocycles. The zero-order chi connectivity index (χ0) is 11.5. The summed E-state index contributed by atoms with van der Waals surface area (Å²) in [4.78, 5) is 4.03. The van der Waals surface area contributed by atoms with Crippen LogP contribution in [0.4, 0.5) is 17.2 Å². The lowest BCUT2D eigenvalue weighted by Gasteiger charge is -2.09. The van der Waals surface area contributed by atoms with Gasteiger partial charge in [0.05, 0.1) is 11.9 Å². The molecule has 0 amide bonds. The van der Waals surface area contributed by atoms with Crippen LogP contribution in [-0.2, 0) is 0 Å². The number of aromatic nitrogens is 1. The molecule has 0 spiro atoms. The van der Waals surface area contributed by atoms with Crippen LogP contribution in [0.5, 0.6) is 0 Å². The summed E-state index contributed by atoms with van der Waals surface area (Å²) in [6, 6.07) is 9.77. The first-order chi connectivity index (χ1) is 7.65. The van der Waals surface area contributed by atoms with Gasteiger partial charge in [-0.2, -0.15) is 0 Å². The maximum atomic E-state index is 5.52. The quantitative estimate of drug-likeness (QED) is 0.884. The van der Waals surface area contributed by atoms with Crippen LogP contribution in [-0.4, -0.2) is 4.98 Å². The third-order valence-corrected chi connectivity index (χ3v) is 2.75. The normalized spacial score (nSPS) is 10.1. The summed E-state index contributed by atoms with van der Waals surface area (Å²) in [7, 11) is 0. The van der Waals surface area contributed by atoms with Gasteiger partial charge in [0.15, 0.2) is 0 Å². The molecular weight excluding hydrogens is 266 g/mol. The average Bonchev–Trinajstić information content (AvgIpc) is 2.25. The molecule has 1 heterocycles. The lowest BCUT2D eigenvalue weighted by Crippen LogP contribution is -1.95. The van der Waals surface area contributed by atoms with E-state index in [0.717, 1.165) is 15.8 Å². The minimum atomic E-state index is 0.526. The summed E-state index contributed by atoms with van der Waals surface area (Å²) in [5, 5.41) is 3.29. The van der Waals surface area contributed by atoms with E-state index in [1.165, 1.54) is 5.56 Å². The third-order valence-electron chi connectivity index (χ3n) is 2.25. The Labute approximate surface area is 103 Å². The number of benzene rings is 1. The molecule has 0 atom stereocenters. The van der Waals surface area contributed by atoms with Crippen LogP contribution in [0.2, 0.25) is 0 Å². The summed E-state index contributed by atoms with van der Waals surface area (Å²) >= 11 is 3.43. The molecule has 0 aliphatic heterocycles. The molecule has 3 N–H and O–H groups in total. The molecule has 1 aromatic carbocycles. The van der Waals surface area contributed by atoms with Gasteiger partial charge in [0.1, 0.15) is 5.82 Å². The van der Waals surface area contributed by atoms with Crippen LogP contribution in [0, 0.1) is 6.92 Å². The van der Waals surface area contributed by atoms with E-state index in [1.54, 1.807) is 12.3 Å². The third kappa shape index (κ3) is 2.52. The Kier molecular flexibility index (Phi) is 3.10. The van der Waals surface area contributed by atoms with E-state index in [0.29, 0.717) is 5.82 Å². The smallest absolute Gasteiger partial charge is 0.123 e. The van der Waals surface area contributed by atoms with Crippen molar-refractivity contribution in [2.75, 3.05) is 11.1 Å². The highest BCUT2D eigenvalue weighted by molar-refractivity contribution is 9.10. The molecule has 0 saturated heterocycles. The van der Waals surface area contributed by atoms with E-state index in [9.17, 15) is 0 Å². The molecule has 3 nitrogen and oxygen atoms in total. The molecule has 0 fully saturated rings. The monoisotopic (exact) mass is 277 g/mol. The second-order valence-corrected chi connectivity index (χ2v) is 4.47. The standard InChI is InChI=1S/C12H12BrN3/c1-8-6-9(13)2-4-11(8)16-10-3-5-12(14)15-7-10/h2-7,16H,1H3,(H2,14,15). The highest BCUT2D eigenvalue weighted by atomic mass is 79.9. The Bertz CT molecular complexity index is 494. The minimum absolute atomic E-state index is 0.526. The van der Waals surface area contributed by atoms with E-state index >= 15 is 0 Å². The number of halogens is 1. The average molecular weight is 278 g/mol. The number of hydrogen-bond donors (Lipinski definition) is 2. The van der Waals surface area contributed by atoms with Crippen molar-refractivity contribution >= 4 is 33.1 Å². The molecule has 0 saturated carbocycles. The second kappa shape index (κ2) is 4.53. The molecule has 0 aliphatic rings. The number of nitrogen functional groups attached to an aromatic ring is 1. The molecule has 0 unspecified atom stereocenters. The summed E-state index contributed by atoms with van der Waals surface area (Å²) in [5.74, 6) is 0.526. The maximum absolute atomic E-state index is 5.52. The van der Waals surface area contributed by atoms with Crippen molar-refractivity contribution in [3.63, 3.8) is 0 Å². The molecule has 2 rings (SSSR count). The van der Waals surface area contributed by atoms with E-state index in [2.05, 4.69) is 39.2 Å². The Balaban J connectivity index is 2.23. The highest BCUT2D eigenvalue weighted by Crippen LogP contribution is 2.23. The summed E-state index contributed by atoms with van der Waals surface area (Å²) < 4.78 is 1.07. The number of nitrogens with one attached hydrogen (secondary N) is 1. The van der Waals surface area contributed by atoms with Crippen molar-refractivity contribution < 1.29 is 0 Å². The molecular formula is C12H12BrN3. The molecule has 82 valence electrons. The van der Waals surface area contributed by atoms with Gasteiger partial charge >= 0.3 is 0 Å². The van der Waals surface area contributed by atoms with Crippen molar-refractivity contribution in [3.8, 4) is 0 Å². The largest absolute Gasteiger partial charge is 0.384 e. The molecule has 2 aromatic rings. The van der Waals surface area contributed by atoms with Gasteiger partial charge in [-0.1, -0.05) is 15.9 Å². The van der Waals surface area contributed by atoms with Crippen molar-refractivity contribution in [2.45, 2.75) is 6.92 Å². The van der Waals surface area contributed by atoms with Crippen molar-refractivity contribution in [1.29, 1.82) is 0 Å². The predicted molar refractivity (Wildman–Crippen MR) is 70.8 cm³/mol. The Morgan fingerprint density at radius 2 is 2.06 bits per heavy atom. The highest BCUT2D eigenvalue weighted by Gasteiger charge is 1.99. The van der Waals surface area contributed by atoms with Crippen LogP contribution in [0.1, 0.15) is 5.56 Å². The summed E-state index contributed by atoms with van der Waals surface area (Å²) in [5.41, 5.74) is 8.69. The molecule has 16 heavy (non-hydrogen) atoms. The Morgan fingerprint density at radius 3 is 2.69 bits per heavy atom. The fourth-order valence-corrected chi connectivity index (χ4v) is 1.88. The SMILES string of the molecule is Cc1cc(Br)ccc1Nc1ccc(N)nc1. The number of pyridine rings is 1. The zero-order valence-corrected chi connectivity index (χ0v) is 10.5. The van der Waals surface area contributed by atoms with Gasteiger partial charge in [-0.05, 0) is 42.8 Å². The van der Waals surface area contributed by atoms with Crippen LogP contribution >= 0.6 is 15.9 Å².